The van der Waals surface area contributed by atoms with Crippen molar-refractivity contribution in [3.8, 4) is 11.1 Å². The molecule has 4 nitrogen and oxygen atoms in total. The van der Waals surface area contributed by atoms with Crippen LogP contribution in [0.5, 0.6) is 0 Å². The predicted octanol–water partition coefficient (Wildman–Crippen LogP) is 9.86. The maximum Gasteiger partial charge on any atom is 0.0682 e. The summed E-state index contributed by atoms with van der Waals surface area (Å²) in [6, 6.07) is 20.2. The summed E-state index contributed by atoms with van der Waals surface area (Å²) in [7, 11) is 0. The average molecular weight is 577 g/mol. The van der Waals surface area contributed by atoms with Crippen LogP contribution in [0.4, 0.5) is 0 Å². The molecule has 2 saturated heterocycles. The second kappa shape index (κ2) is 14.4. The Balaban J connectivity index is 1.48. The molecule has 4 unspecified atom stereocenters. The SMILES string of the molecule is CCCON1C(C(C)C)CC(c2ccc(-c3ccc(C4CC(C(C)C)N(OCC)C(C(C)C)C4)cc3)cc2)CC1(C)C. The number of benzene rings is 2. The summed E-state index contributed by atoms with van der Waals surface area (Å²) in [6.07, 6.45) is 5.63. The molecule has 0 amide bonds. The molecular weight excluding hydrogens is 516 g/mol. The van der Waals surface area contributed by atoms with Gasteiger partial charge in [0.2, 0.25) is 0 Å². The Kier molecular flexibility index (Phi) is 11.4. The van der Waals surface area contributed by atoms with E-state index in [1.54, 1.807) is 0 Å². The fourth-order valence-electron chi connectivity index (χ4n) is 7.64. The van der Waals surface area contributed by atoms with Crippen LogP contribution in [-0.4, -0.2) is 47.0 Å². The Morgan fingerprint density at radius 2 is 1.12 bits per heavy atom. The Morgan fingerprint density at radius 3 is 1.55 bits per heavy atom. The van der Waals surface area contributed by atoms with E-state index in [0.29, 0.717) is 47.7 Å². The topological polar surface area (TPSA) is 24.9 Å². The molecule has 0 saturated carbocycles. The van der Waals surface area contributed by atoms with Gasteiger partial charge in [0.05, 0.1) is 13.2 Å². The van der Waals surface area contributed by atoms with Crippen LogP contribution in [0.2, 0.25) is 0 Å². The highest BCUT2D eigenvalue weighted by molar-refractivity contribution is 5.64. The first-order valence-electron chi connectivity index (χ1n) is 17.0. The molecule has 234 valence electrons. The molecule has 2 heterocycles. The Labute approximate surface area is 258 Å². The fraction of sp³-hybridized carbons (Fsp3) is 0.684. The molecule has 2 aliphatic heterocycles. The Hall–Kier alpha value is -1.72. The number of piperidine rings is 2. The molecule has 0 radical (unpaired) electrons. The second-order valence-electron chi connectivity index (χ2n) is 14.7. The van der Waals surface area contributed by atoms with Crippen molar-refractivity contribution in [3.05, 3.63) is 59.7 Å². The lowest BCUT2D eigenvalue weighted by atomic mass is 9.74. The van der Waals surface area contributed by atoms with Crippen LogP contribution in [0, 0.1) is 17.8 Å². The van der Waals surface area contributed by atoms with Crippen molar-refractivity contribution in [1.82, 2.24) is 10.1 Å². The van der Waals surface area contributed by atoms with E-state index in [-0.39, 0.29) is 5.54 Å². The van der Waals surface area contributed by atoms with E-state index in [1.165, 1.54) is 22.3 Å². The lowest BCUT2D eigenvalue weighted by Crippen LogP contribution is -2.56. The van der Waals surface area contributed by atoms with Crippen LogP contribution in [0.3, 0.4) is 0 Å². The summed E-state index contributed by atoms with van der Waals surface area (Å²) >= 11 is 0. The van der Waals surface area contributed by atoms with Crippen molar-refractivity contribution in [2.24, 2.45) is 17.8 Å². The summed E-state index contributed by atoms with van der Waals surface area (Å²) in [5.41, 5.74) is 5.57. The molecule has 4 heteroatoms. The summed E-state index contributed by atoms with van der Waals surface area (Å²) in [6.45, 7) is 24.6. The summed E-state index contributed by atoms with van der Waals surface area (Å²) in [5, 5.41) is 4.69. The van der Waals surface area contributed by atoms with Gasteiger partial charge in [-0.05, 0) is 105 Å². The van der Waals surface area contributed by atoms with Gasteiger partial charge in [0.25, 0.3) is 0 Å². The van der Waals surface area contributed by atoms with E-state index in [0.717, 1.165) is 45.3 Å². The molecule has 0 spiro atoms. The monoisotopic (exact) mass is 576 g/mol. The van der Waals surface area contributed by atoms with Gasteiger partial charge < -0.3 is 0 Å². The van der Waals surface area contributed by atoms with Crippen molar-refractivity contribution < 1.29 is 9.68 Å². The van der Waals surface area contributed by atoms with Gasteiger partial charge in [0.1, 0.15) is 0 Å². The van der Waals surface area contributed by atoms with Crippen molar-refractivity contribution in [2.45, 2.75) is 137 Å². The first-order chi connectivity index (χ1) is 20.0. The standard InChI is InChI=1S/C38H60N2O2/c1-11-21-42-40-37(28(7)8)24-34(25-38(40,9)10)32-19-15-30(16-20-32)29-13-17-31(18-14-29)33-22-35(26(3)4)39(41-12-2)36(23-33)27(5)6/h13-20,26-28,33-37H,11-12,21-25H2,1-10H3. The highest BCUT2D eigenvalue weighted by Crippen LogP contribution is 2.44. The molecule has 2 fully saturated rings. The molecule has 42 heavy (non-hydrogen) atoms. The molecule has 0 N–H and O–H groups in total. The van der Waals surface area contributed by atoms with Crippen LogP contribution in [0.25, 0.3) is 11.1 Å². The van der Waals surface area contributed by atoms with Gasteiger partial charge in [-0.15, -0.1) is 0 Å². The van der Waals surface area contributed by atoms with E-state index in [4.69, 9.17) is 9.68 Å². The Bertz CT molecular complexity index is 1070. The van der Waals surface area contributed by atoms with Crippen molar-refractivity contribution >= 4 is 0 Å². The number of rotatable bonds is 11. The molecule has 0 bridgehead atoms. The van der Waals surface area contributed by atoms with Crippen LogP contribution >= 0.6 is 0 Å². The van der Waals surface area contributed by atoms with Gasteiger partial charge in [-0.1, -0.05) is 97.0 Å². The second-order valence-corrected chi connectivity index (χ2v) is 14.7. The van der Waals surface area contributed by atoms with Crippen molar-refractivity contribution in [1.29, 1.82) is 0 Å². The number of hydroxylamine groups is 4. The highest BCUT2D eigenvalue weighted by Gasteiger charge is 2.43. The first-order valence-corrected chi connectivity index (χ1v) is 17.0. The van der Waals surface area contributed by atoms with E-state index >= 15 is 0 Å². The molecule has 2 aromatic rings. The van der Waals surface area contributed by atoms with Crippen LogP contribution in [-0.2, 0) is 9.68 Å². The zero-order valence-electron chi connectivity index (χ0n) is 28.4. The highest BCUT2D eigenvalue weighted by atomic mass is 16.7. The molecule has 4 rings (SSSR count). The zero-order chi connectivity index (χ0) is 30.6. The van der Waals surface area contributed by atoms with Crippen LogP contribution in [0.15, 0.2) is 48.5 Å². The van der Waals surface area contributed by atoms with E-state index in [2.05, 4.69) is 128 Å². The third kappa shape index (κ3) is 7.49. The molecule has 0 aromatic heterocycles. The van der Waals surface area contributed by atoms with E-state index in [1.807, 2.05) is 0 Å². The van der Waals surface area contributed by atoms with Gasteiger partial charge in [-0.3, -0.25) is 9.68 Å². The van der Waals surface area contributed by atoms with E-state index < -0.39 is 0 Å². The van der Waals surface area contributed by atoms with Gasteiger partial charge in [0.15, 0.2) is 0 Å². The fourth-order valence-corrected chi connectivity index (χ4v) is 7.64. The maximum absolute atomic E-state index is 6.31. The number of nitrogens with zero attached hydrogens (tertiary/aromatic N) is 2. The van der Waals surface area contributed by atoms with Crippen molar-refractivity contribution in [2.75, 3.05) is 13.2 Å². The summed E-state index contributed by atoms with van der Waals surface area (Å²) < 4.78 is 0. The number of hydrogen-bond acceptors (Lipinski definition) is 4. The van der Waals surface area contributed by atoms with E-state index in [9.17, 15) is 0 Å². The smallest absolute Gasteiger partial charge is 0.0682 e. The number of hydrogen-bond donors (Lipinski definition) is 0. The largest absolute Gasteiger partial charge is 0.299 e. The first kappa shape index (κ1) is 33.2. The molecule has 2 aliphatic rings. The average Bonchev–Trinajstić information content (AvgIpc) is 2.96. The van der Waals surface area contributed by atoms with Crippen LogP contribution in [0.1, 0.15) is 124 Å². The normalized spacial score (nSPS) is 27.3. The summed E-state index contributed by atoms with van der Waals surface area (Å²) in [4.78, 5) is 12.5. The van der Waals surface area contributed by atoms with Crippen LogP contribution < -0.4 is 0 Å². The molecule has 0 aliphatic carbocycles. The minimum atomic E-state index is 0.0174. The minimum absolute atomic E-state index is 0.0174. The minimum Gasteiger partial charge on any atom is -0.299 e. The molecular formula is C38H60N2O2. The van der Waals surface area contributed by atoms with Gasteiger partial charge in [0, 0.05) is 23.7 Å². The molecule has 4 atom stereocenters. The quantitative estimate of drug-likeness (QED) is 0.266. The predicted molar refractivity (Wildman–Crippen MR) is 177 cm³/mol. The maximum atomic E-state index is 6.31. The Morgan fingerprint density at radius 1 is 0.667 bits per heavy atom. The van der Waals surface area contributed by atoms with Crippen molar-refractivity contribution in [3.63, 3.8) is 0 Å². The lowest BCUT2D eigenvalue weighted by molar-refractivity contribution is -0.264. The zero-order valence-corrected chi connectivity index (χ0v) is 28.4. The molecule has 2 aromatic carbocycles. The van der Waals surface area contributed by atoms with Gasteiger partial charge >= 0.3 is 0 Å². The van der Waals surface area contributed by atoms with Gasteiger partial charge in [-0.2, -0.15) is 10.1 Å². The third-order valence-electron chi connectivity index (χ3n) is 9.99. The van der Waals surface area contributed by atoms with Gasteiger partial charge in [-0.25, -0.2) is 0 Å². The summed E-state index contributed by atoms with van der Waals surface area (Å²) in [5.74, 6) is 2.81. The third-order valence-corrected chi connectivity index (χ3v) is 9.99. The lowest BCUT2D eigenvalue weighted by Gasteiger charge is -2.51.